The molecule has 1 aliphatic rings. The van der Waals surface area contributed by atoms with Gasteiger partial charge in [-0.3, -0.25) is 0 Å². The summed E-state index contributed by atoms with van der Waals surface area (Å²) in [5.74, 6) is 0.830. The molecule has 1 fully saturated rings. The van der Waals surface area contributed by atoms with Crippen LogP contribution in [0.2, 0.25) is 0 Å². The van der Waals surface area contributed by atoms with Crippen LogP contribution < -0.4 is 10.1 Å². The molecule has 5 heteroatoms. The Morgan fingerprint density at radius 3 is 2.59 bits per heavy atom. The first-order valence-electron chi connectivity index (χ1n) is 11.2. The fourth-order valence-corrected chi connectivity index (χ4v) is 4.45. The van der Waals surface area contributed by atoms with Crippen LogP contribution in [-0.2, 0) is 6.54 Å². The van der Waals surface area contributed by atoms with Gasteiger partial charge in [-0.25, -0.2) is 0 Å². The Hall–Kier alpha value is -1.14. The normalized spacial score (nSPS) is 17.1. The molecule has 5 nitrogen and oxygen atoms in total. The van der Waals surface area contributed by atoms with Gasteiger partial charge in [0.05, 0.1) is 0 Å². The van der Waals surface area contributed by atoms with Gasteiger partial charge >= 0.3 is 0 Å². The molecule has 0 saturated heterocycles. The molecule has 0 heterocycles. The van der Waals surface area contributed by atoms with Gasteiger partial charge in [-0.2, -0.15) is 0 Å². The van der Waals surface area contributed by atoms with E-state index >= 15 is 0 Å². The second-order valence-electron chi connectivity index (χ2n) is 9.85. The Bertz CT molecular complexity index is 585. The van der Waals surface area contributed by atoms with Crippen molar-refractivity contribution >= 4 is 0 Å². The Balaban J connectivity index is 1.73. The van der Waals surface area contributed by atoms with Crippen molar-refractivity contribution in [3.05, 3.63) is 29.8 Å². The number of rotatable bonds is 12. The van der Waals surface area contributed by atoms with E-state index in [0.29, 0.717) is 19.2 Å². The molecule has 0 unspecified atom stereocenters. The van der Waals surface area contributed by atoms with Gasteiger partial charge in [-0.1, -0.05) is 45.2 Å². The molecule has 1 saturated carbocycles. The van der Waals surface area contributed by atoms with Crippen LogP contribution in [0.25, 0.3) is 0 Å². The van der Waals surface area contributed by atoms with Crippen molar-refractivity contribution in [3.8, 4) is 5.75 Å². The quantitative estimate of drug-likeness (QED) is 0.558. The first-order valence-corrected chi connectivity index (χ1v) is 11.2. The van der Waals surface area contributed by atoms with Crippen LogP contribution in [0.1, 0.15) is 51.5 Å². The predicted molar refractivity (Wildman–Crippen MR) is 121 cm³/mol. The van der Waals surface area contributed by atoms with E-state index < -0.39 is 6.10 Å². The third kappa shape index (κ3) is 9.47. The fourth-order valence-electron chi connectivity index (χ4n) is 4.45. The Morgan fingerprint density at radius 1 is 1.17 bits per heavy atom. The number of benzene rings is 1. The molecule has 0 aliphatic heterocycles. The molecular formula is C24H43N3O2. The SMILES string of the molecule is CN(C)CC(C)(C)CNCc1cccc(OC[C@H](O)CN(C)C2CCCCC2)c1. The second-order valence-corrected chi connectivity index (χ2v) is 9.85. The largest absolute Gasteiger partial charge is 0.491 e. The van der Waals surface area contributed by atoms with Gasteiger partial charge in [-0.15, -0.1) is 0 Å². The zero-order chi connectivity index (χ0) is 21.3. The summed E-state index contributed by atoms with van der Waals surface area (Å²) in [7, 11) is 6.36. The first kappa shape index (κ1) is 24.1. The summed E-state index contributed by atoms with van der Waals surface area (Å²) in [6, 6.07) is 8.80. The van der Waals surface area contributed by atoms with E-state index in [1.54, 1.807) is 0 Å². The van der Waals surface area contributed by atoms with Gasteiger partial charge in [0.15, 0.2) is 0 Å². The number of aliphatic hydroxyl groups is 1. The molecule has 1 aromatic carbocycles. The van der Waals surface area contributed by atoms with Crippen molar-refractivity contribution in [1.82, 2.24) is 15.1 Å². The van der Waals surface area contributed by atoms with E-state index in [-0.39, 0.29) is 5.41 Å². The van der Waals surface area contributed by atoms with Crippen LogP contribution in [0.3, 0.4) is 0 Å². The van der Waals surface area contributed by atoms with Crippen molar-refractivity contribution in [3.63, 3.8) is 0 Å². The molecule has 1 atom stereocenters. The lowest BCUT2D eigenvalue weighted by Gasteiger charge is -2.32. The molecule has 2 N–H and O–H groups in total. The van der Waals surface area contributed by atoms with Crippen LogP contribution in [-0.4, -0.2) is 74.4 Å². The van der Waals surface area contributed by atoms with Crippen molar-refractivity contribution in [2.24, 2.45) is 5.41 Å². The molecule has 2 rings (SSSR count). The van der Waals surface area contributed by atoms with E-state index in [1.807, 2.05) is 12.1 Å². The zero-order valence-electron chi connectivity index (χ0n) is 19.3. The second kappa shape index (κ2) is 11.9. The zero-order valence-corrected chi connectivity index (χ0v) is 19.3. The van der Waals surface area contributed by atoms with Gasteiger partial charge < -0.3 is 25.0 Å². The number of ether oxygens (including phenoxy) is 1. The maximum absolute atomic E-state index is 10.4. The van der Waals surface area contributed by atoms with Gasteiger partial charge in [0.2, 0.25) is 0 Å². The lowest BCUT2D eigenvalue weighted by atomic mass is 9.93. The number of nitrogens with one attached hydrogen (secondary N) is 1. The molecule has 29 heavy (non-hydrogen) atoms. The highest BCUT2D eigenvalue weighted by Gasteiger charge is 2.20. The van der Waals surface area contributed by atoms with Gasteiger partial charge in [0.1, 0.15) is 18.5 Å². The molecule has 0 spiro atoms. The highest BCUT2D eigenvalue weighted by Crippen LogP contribution is 2.22. The van der Waals surface area contributed by atoms with E-state index in [1.165, 1.54) is 37.7 Å². The summed E-state index contributed by atoms with van der Waals surface area (Å²) in [6.07, 6.45) is 6.03. The summed E-state index contributed by atoms with van der Waals surface area (Å²) in [4.78, 5) is 4.54. The molecule has 166 valence electrons. The summed E-state index contributed by atoms with van der Waals surface area (Å²) in [5, 5.41) is 14.0. The number of hydrogen-bond acceptors (Lipinski definition) is 5. The van der Waals surface area contributed by atoms with Crippen LogP contribution in [0.15, 0.2) is 24.3 Å². The fraction of sp³-hybridized carbons (Fsp3) is 0.750. The minimum atomic E-state index is -0.462. The molecule has 0 aromatic heterocycles. The number of nitrogens with zero attached hydrogens (tertiary/aromatic N) is 2. The third-order valence-electron chi connectivity index (χ3n) is 5.71. The third-order valence-corrected chi connectivity index (χ3v) is 5.71. The molecular weight excluding hydrogens is 362 g/mol. The number of hydrogen-bond donors (Lipinski definition) is 2. The van der Waals surface area contributed by atoms with Crippen LogP contribution >= 0.6 is 0 Å². The van der Waals surface area contributed by atoms with E-state index in [9.17, 15) is 5.11 Å². The maximum atomic E-state index is 10.4. The van der Waals surface area contributed by atoms with Crippen molar-refractivity contribution < 1.29 is 9.84 Å². The topological polar surface area (TPSA) is 48.0 Å². The maximum Gasteiger partial charge on any atom is 0.119 e. The monoisotopic (exact) mass is 405 g/mol. The van der Waals surface area contributed by atoms with Gasteiger partial charge in [0.25, 0.3) is 0 Å². The van der Waals surface area contributed by atoms with E-state index in [0.717, 1.165) is 25.4 Å². The predicted octanol–water partition coefficient (Wildman–Crippen LogP) is 3.37. The summed E-state index contributed by atoms with van der Waals surface area (Å²) in [5.41, 5.74) is 1.43. The lowest BCUT2D eigenvalue weighted by Crippen LogP contribution is -2.40. The molecule has 1 aliphatic carbocycles. The highest BCUT2D eigenvalue weighted by molar-refractivity contribution is 5.28. The minimum Gasteiger partial charge on any atom is -0.491 e. The highest BCUT2D eigenvalue weighted by atomic mass is 16.5. The number of aliphatic hydroxyl groups excluding tert-OH is 1. The van der Waals surface area contributed by atoms with Gasteiger partial charge in [-0.05, 0) is 57.1 Å². The molecule has 0 bridgehead atoms. The first-order chi connectivity index (χ1) is 13.7. The van der Waals surface area contributed by atoms with Crippen LogP contribution in [0.5, 0.6) is 5.75 Å². The number of likely N-dealkylation sites (N-methyl/N-ethyl adjacent to an activating group) is 1. The Labute approximate surface area is 178 Å². The van der Waals surface area contributed by atoms with Crippen molar-refractivity contribution in [1.29, 1.82) is 0 Å². The molecule has 0 radical (unpaired) electrons. The van der Waals surface area contributed by atoms with E-state index in [2.05, 4.69) is 62.2 Å². The smallest absolute Gasteiger partial charge is 0.119 e. The molecule has 1 aromatic rings. The lowest BCUT2D eigenvalue weighted by molar-refractivity contribution is 0.0561. The summed E-state index contributed by atoms with van der Waals surface area (Å²) < 4.78 is 5.89. The van der Waals surface area contributed by atoms with Crippen LogP contribution in [0.4, 0.5) is 0 Å². The van der Waals surface area contributed by atoms with Crippen LogP contribution in [0, 0.1) is 5.41 Å². The summed E-state index contributed by atoms with van der Waals surface area (Å²) in [6.45, 7) is 8.41. The average molecular weight is 406 g/mol. The van der Waals surface area contributed by atoms with Gasteiger partial charge in [0, 0.05) is 32.2 Å². The van der Waals surface area contributed by atoms with Crippen molar-refractivity contribution in [2.75, 3.05) is 47.4 Å². The van der Waals surface area contributed by atoms with Crippen molar-refractivity contribution in [2.45, 2.75) is 64.6 Å². The Morgan fingerprint density at radius 2 is 1.90 bits per heavy atom. The van der Waals surface area contributed by atoms with E-state index in [4.69, 9.17) is 4.74 Å². The standard InChI is InChI=1S/C24H43N3O2/c1-24(2,19-26(3)4)18-25-15-20-10-9-13-23(14-20)29-17-22(28)16-27(5)21-11-7-6-8-12-21/h9-10,13-14,21-22,25,28H,6-8,11-12,15-19H2,1-5H3/t22-/m1/s1. The Kier molecular flexibility index (Phi) is 9.90. The minimum absolute atomic E-state index is 0.228. The summed E-state index contributed by atoms with van der Waals surface area (Å²) >= 11 is 0. The molecule has 0 amide bonds. The average Bonchev–Trinajstić information content (AvgIpc) is 2.66.